The summed E-state index contributed by atoms with van der Waals surface area (Å²) < 4.78 is 3.39. The Morgan fingerprint density at radius 1 is 1.19 bits per heavy atom. The highest BCUT2D eigenvalue weighted by atomic mass is 32.2. The van der Waals surface area contributed by atoms with E-state index < -0.39 is 16.6 Å². The molecule has 1 aliphatic heterocycles. The zero-order chi connectivity index (χ0) is 19.6. The van der Waals surface area contributed by atoms with Gasteiger partial charge in [0.15, 0.2) is 4.75 Å². The van der Waals surface area contributed by atoms with E-state index in [1.165, 1.54) is 24.9 Å². The number of thioether (sulfide) groups is 1. The van der Waals surface area contributed by atoms with E-state index in [0.717, 1.165) is 10.6 Å². The second kappa shape index (κ2) is 7.44. The third-order valence-corrected chi connectivity index (χ3v) is 5.75. The Kier molecular flexibility index (Phi) is 5.23. The van der Waals surface area contributed by atoms with Crippen molar-refractivity contribution in [3.63, 3.8) is 0 Å². The molecule has 1 heterocycles. The van der Waals surface area contributed by atoms with E-state index in [4.69, 9.17) is 4.74 Å². The average molecular weight is 384 g/mol. The van der Waals surface area contributed by atoms with Crippen LogP contribution in [0.2, 0.25) is 0 Å². The smallest absolute Gasteiger partial charge is 0.337 e. The first-order valence-electron chi connectivity index (χ1n) is 8.50. The van der Waals surface area contributed by atoms with Crippen molar-refractivity contribution in [2.45, 2.75) is 23.5 Å². The summed E-state index contributed by atoms with van der Waals surface area (Å²) in [6.07, 6.45) is 0. The number of fused-ring (bicyclic) bond motifs is 1. The molecule has 1 aliphatic rings. The second-order valence-corrected chi connectivity index (χ2v) is 7.64. The summed E-state index contributed by atoms with van der Waals surface area (Å²) in [4.78, 5) is 40.3. The standard InChI is InChI=1S/C20H20N2O4S/c1-4-22-15-10-5-6-11-16(15)27-20(2,19(22)25)18(24)21-14-9-7-8-13(12-14)17(23)26-3/h5-12H,4H2,1-3H3,(H,21,24). The normalized spacial score (nSPS) is 18.6. The van der Waals surface area contributed by atoms with E-state index in [0.29, 0.717) is 17.8 Å². The van der Waals surface area contributed by atoms with Gasteiger partial charge in [0.1, 0.15) is 0 Å². The van der Waals surface area contributed by atoms with Crippen LogP contribution < -0.4 is 10.2 Å². The summed E-state index contributed by atoms with van der Waals surface area (Å²) in [5.74, 6) is -1.20. The number of benzene rings is 2. The fourth-order valence-corrected chi connectivity index (χ4v) is 4.16. The van der Waals surface area contributed by atoms with Gasteiger partial charge < -0.3 is 15.0 Å². The van der Waals surface area contributed by atoms with Gasteiger partial charge in [-0.1, -0.05) is 30.0 Å². The maximum atomic E-state index is 13.1. The molecule has 0 aromatic heterocycles. The van der Waals surface area contributed by atoms with Gasteiger partial charge >= 0.3 is 5.97 Å². The number of ether oxygens (including phenoxy) is 1. The van der Waals surface area contributed by atoms with Crippen molar-refractivity contribution < 1.29 is 19.1 Å². The van der Waals surface area contributed by atoms with Crippen LogP contribution in [0.15, 0.2) is 53.4 Å². The summed E-state index contributed by atoms with van der Waals surface area (Å²) in [6, 6.07) is 14.0. The largest absolute Gasteiger partial charge is 0.465 e. The van der Waals surface area contributed by atoms with Crippen molar-refractivity contribution in [3.05, 3.63) is 54.1 Å². The van der Waals surface area contributed by atoms with Crippen LogP contribution in [0.5, 0.6) is 0 Å². The minimum Gasteiger partial charge on any atom is -0.465 e. The van der Waals surface area contributed by atoms with Crippen molar-refractivity contribution in [2.24, 2.45) is 0 Å². The van der Waals surface area contributed by atoms with Crippen LogP contribution in [0.25, 0.3) is 0 Å². The zero-order valence-corrected chi connectivity index (χ0v) is 16.1. The summed E-state index contributed by atoms with van der Waals surface area (Å²) in [5, 5.41) is 2.76. The summed E-state index contributed by atoms with van der Waals surface area (Å²) in [5.41, 5.74) is 1.57. The van der Waals surface area contributed by atoms with Crippen molar-refractivity contribution in [1.82, 2.24) is 0 Å². The number of amides is 2. The third-order valence-electron chi connectivity index (χ3n) is 4.41. The molecule has 0 saturated carbocycles. The molecule has 0 aliphatic carbocycles. The Bertz CT molecular complexity index is 914. The van der Waals surface area contributed by atoms with Gasteiger partial charge in [0.05, 0.1) is 18.4 Å². The fourth-order valence-electron chi connectivity index (χ4n) is 2.95. The molecule has 2 aromatic rings. The lowest BCUT2D eigenvalue weighted by Crippen LogP contribution is -2.54. The number of methoxy groups -OCH3 is 1. The van der Waals surface area contributed by atoms with Gasteiger partial charge in [0, 0.05) is 17.1 Å². The predicted molar refractivity (Wildman–Crippen MR) is 105 cm³/mol. The molecule has 0 fully saturated rings. The minimum atomic E-state index is -1.31. The van der Waals surface area contributed by atoms with E-state index in [1.54, 1.807) is 30.0 Å². The molecule has 3 rings (SSSR count). The molecule has 6 nitrogen and oxygen atoms in total. The summed E-state index contributed by atoms with van der Waals surface area (Å²) >= 11 is 1.23. The van der Waals surface area contributed by atoms with Gasteiger partial charge in [-0.05, 0) is 44.2 Å². The van der Waals surface area contributed by atoms with Crippen molar-refractivity contribution in [3.8, 4) is 0 Å². The number of hydrogen-bond donors (Lipinski definition) is 1. The van der Waals surface area contributed by atoms with Crippen molar-refractivity contribution in [1.29, 1.82) is 0 Å². The van der Waals surface area contributed by atoms with Crippen LogP contribution in [-0.2, 0) is 14.3 Å². The number of carbonyl (C=O) groups is 3. The summed E-state index contributed by atoms with van der Waals surface area (Å²) in [7, 11) is 1.29. The van der Waals surface area contributed by atoms with Crippen molar-refractivity contribution >= 4 is 40.9 Å². The Hall–Kier alpha value is -2.80. The van der Waals surface area contributed by atoms with E-state index in [2.05, 4.69) is 5.32 Å². The van der Waals surface area contributed by atoms with Gasteiger partial charge in [-0.3, -0.25) is 9.59 Å². The van der Waals surface area contributed by atoms with Crippen LogP contribution in [0.3, 0.4) is 0 Å². The van der Waals surface area contributed by atoms with E-state index in [1.807, 2.05) is 31.2 Å². The first-order valence-corrected chi connectivity index (χ1v) is 9.32. The first-order chi connectivity index (χ1) is 12.9. The van der Waals surface area contributed by atoms with E-state index >= 15 is 0 Å². The lowest BCUT2D eigenvalue weighted by Gasteiger charge is -2.38. The van der Waals surface area contributed by atoms with E-state index in [9.17, 15) is 14.4 Å². The molecular formula is C20H20N2O4S. The van der Waals surface area contributed by atoms with Gasteiger partial charge in [0.25, 0.3) is 5.91 Å². The number of rotatable bonds is 4. The predicted octanol–water partition coefficient (Wildman–Crippen LogP) is 3.33. The zero-order valence-electron chi connectivity index (χ0n) is 15.3. The lowest BCUT2D eigenvalue weighted by molar-refractivity contribution is -0.128. The fraction of sp³-hybridized carbons (Fsp3) is 0.250. The second-order valence-electron chi connectivity index (χ2n) is 6.18. The molecular weight excluding hydrogens is 364 g/mol. The SMILES string of the molecule is CCN1C(=O)C(C)(C(=O)Nc2cccc(C(=O)OC)c2)Sc2ccccc21. The molecule has 1 unspecified atom stereocenters. The highest BCUT2D eigenvalue weighted by Crippen LogP contribution is 2.45. The molecule has 0 bridgehead atoms. The average Bonchev–Trinajstić information content (AvgIpc) is 2.68. The molecule has 7 heteroatoms. The monoisotopic (exact) mass is 384 g/mol. The number of para-hydroxylation sites is 1. The number of anilines is 2. The third kappa shape index (κ3) is 3.42. The topological polar surface area (TPSA) is 75.7 Å². The maximum absolute atomic E-state index is 13.1. The van der Waals surface area contributed by atoms with Crippen LogP contribution in [0.4, 0.5) is 11.4 Å². The highest BCUT2D eigenvalue weighted by Gasteiger charge is 2.48. The molecule has 0 saturated heterocycles. The van der Waals surface area contributed by atoms with E-state index in [-0.39, 0.29) is 5.91 Å². The molecule has 2 aromatic carbocycles. The van der Waals surface area contributed by atoms with Gasteiger partial charge in [-0.15, -0.1) is 0 Å². The van der Waals surface area contributed by atoms with Gasteiger partial charge in [-0.25, -0.2) is 4.79 Å². The Balaban J connectivity index is 1.90. The number of nitrogens with zero attached hydrogens (tertiary/aromatic N) is 1. The molecule has 27 heavy (non-hydrogen) atoms. The molecule has 140 valence electrons. The number of esters is 1. The molecule has 2 amide bonds. The minimum absolute atomic E-state index is 0.268. The highest BCUT2D eigenvalue weighted by molar-refractivity contribution is 8.02. The first kappa shape index (κ1) is 19.0. The Labute approximate surface area is 161 Å². The maximum Gasteiger partial charge on any atom is 0.337 e. The van der Waals surface area contributed by atoms with Crippen LogP contribution in [-0.4, -0.2) is 36.2 Å². The van der Waals surface area contributed by atoms with Crippen molar-refractivity contribution in [2.75, 3.05) is 23.9 Å². The molecule has 1 N–H and O–H groups in total. The molecule has 1 atom stereocenters. The quantitative estimate of drug-likeness (QED) is 0.646. The summed E-state index contributed by atoms with van der Waals surface area (Å²) in [6.45, 7) is 3.97. The molecule has 0 spiro atoms. The number of carbonyl (C=O) groups excluding carboxylic acids is 3. The Morgan fingerprint density at radius 2 is 1.93 bits per heavy atom. The van der Waals surface area contributed by atoms with Crippen LogP contribution in [0, 0.1) is 0 Å². The van der Waals surface area contributed by atoms with Crippen LogP contribution >= 0.6 is 11.8 Å². The lowest BCUT2D eigenvalue weighted by atomic mass is 10.1. The van der Waals surface area contributed by atoms with Gasteiger partial charge in [-0.2, -0.15) is 0 Å². The number of nitrogens with one attached hydrogen (secondary N) is 1. The Morgan fingerprint density at radius 3 is 2.63 bits per heavy atom. The number of hydrogen-bond acceptors (Lipinski definition) is 5. The van der Waals surface area contributed by atoms with Crippen LogP contribution in [0.1, 0.15) is 24.2 Å². The molecule has 0 radical (unpaired) electrons. The van der Waals surface area contributed by atoms with Gasteiger partial charge in [0.2, 0.25) is 5.91 Å².